The summed E-state index contributed by atoms with van der Waals surface area (Å²) in [4.78, 5) is 10.8. The molecule has 0 saturated carbocycles. The number of fused-ring (bicyclic) bond motifs is 9. The van der Waals surface area contributed by atoms with Gasteiger partial charge in [-0.15, -0.1) is 22.7 Å². The van der Waals surface area contributed by atoms with E-state index in [9.17, 15) is 0 Å². The van der Waals surface area contributed by atoms with Gasteiger partial charge in [0.05, 0.1) is 11.4 Å². The van der Waals surface area contributed by atoms with E-state index in [4.69, 9.17) is 9.97 Å². The first-order chi connectivity index (χ1) is 28.9. The van der Waals surface area contributed by atoms with Gasteiger partial charge in [0.1, 0.15) is 0 Å². The number of hydrogen-bond acceptors (Lipinski definition) is 4. The summed E-state index contributed by atoms with van der Waals surface area (Å²) < 4.78 is 5.16. The molecular weight excluding hydrogens is 753 g/mol. The van der Waals surface area contributed by atoms with Crippen molar-refractivity contribution in [2.45, 2.75) is 19.3 Å². The van der Waals surface area contributed by atoms with Crippen LogP contribution in [0.25, 0.3) is 108 Å². The lowest BCUT2D eigenvalue weighted by atomic mass is 9.82. The van der Waals surface area contributed by atoms with Gasteiger partial charge in [-0.3, -0.25) is 0 Å². The quantitative estimate of drug-likeness (QED) is 0.174. The molecule has 0 amide bonds. The van der Waals surface area contributed by atoms with Crippen LogP contribution in [0, 0.1) is 0 Å². The van der Waals surface area contributed by atoms with Gasteiger partial charge in [-0.2, -0.15) is 0 Å². The van der Waals surface area contributed by atoms with Gasteiger partial charge in [-0.25, -0.2) is 9.97 Å². The van der Waals surface area contributed by atoms with E-state index in [2.05, 4.69) is 196 Å². The van der Waals surface area contributed by atoms with Gasteiger partial charge in [-0.05, 0) is 111 Å². The maximum atomic E-state index is 5.45. The summed E-state index contributed by atoms with van der Waals surface area (Å²) in [6, 6.07) is 66.6. The lowest BCUT2D eigenvalue weighted by molar-refractivity contribution is 0.660. The smallest absolute Gasteiger partial charge is 0.160 e. The minimum absolute atomic E-state index is 0.125. The fraction of sp³-hybridized carbons (Fsp3) is 0.0545. The molecule has 3 heterocycles. The molecule has 1 aliphatic rings. The minimum atomic E-state index is -0.125. The molecule has 278 valence electrons. The Balaban J connectivity index is 1.07. The van der Waals surface area contributed by atoms with Gasteiger partial charge in [0, 0.05) is 62.4 Å². The van der Waals surface area contributed by atoms with E-state index in [0.717, 1.165) is 45.0 Å². The molecule has 0 saturated heterocycles. The predicted octanol–water partition coefficient (Wildman–Crippen LogP) is 15.9. The molecule has 0 bridgehead atoms. The average Bonchev–Trinajstić information content (AvgIpc) is 3.93. The van der Waals surface area contributed by atoms with Gasteiger partial charge >= 0.3 is 0 Å². The molecule has 2 nitrogen and oxygen atoms in total. The van der Waals surface area contributed by atoms with Gasteiger partial charge < -0.3 is 0 Å². The average molecular weight is 789 g/mol. The molecule has 0 unspecified atom stereocenters. The summed E-state index contributed by atoms with van der Waals surface area (Å²) in [5.41, 5.74) is 14.8. The van der Waals surface area contributed by atoms with Crippen molar-refractivity contribution in [2.75, 3.05) is 0 Å². The van der Waals surface area contributed by atoms with Crippen LogP contribution in [0.5, 0.6) is 0 Å². The highest BCUT2D eigenvalue weighted by molar-refractivity contribution is 7.26. The third kappa shape index (κ3) is 5.59. The van der Waals surface area contributed by atoms with Crippen LogP contribution in [-0.2, 0) is 5.41 Å². The number of nitrogens with zero attached hydrogens (tertiary/aromatic N) is 2. The van der Waals surface area contributed by atoms with Crippen molar-refractivity contribution < 1.29 is 0 Å². The molecule has 1 aliphatic carbocycles. The van der Waals surface area contributed by atoms with Gasteiger partial charge in [0.15, 0.2) is 5.82 Å². The van der Waals surface area contributed by atoms with Crippen molar-refractivity contribution in [2.24, 2.45) is 0 Å². The standard InChI is InChI=1S/C55H36N2S2/c1-55(2)46-17-9-6-14-40(46)41-23-21-35(30-47(41)55)48-32-49(57-54(56-48)36-22-25-52-45(29-36)43-16-8-11-19-51(43)58-52)39-27-37(33-12-4-3-5-13-33)26-38(28-39)34-20-24-44-42-15-7-10-18-50(42)59-53(44)31-34/h3-32H,1-2H3. The SMILES string of the molecule is CC1(C)c2ccccc2-c2ccc(-c3cc(-c4cc(-c5ccccc5)cc(-c5ccc6c(c5)sc5ccccc56)c4)nc(-c4ccc5sc6ccccc6c5c4)n3)cc21. The summed E-state index contributed by atoms with van der Waals surface area (Å²) in [6.45, 7) is 4.68. The van der Waals surface area contributed by atoms with Crippen LogP contribution in [0.1, 0.15) is 25.0 Å². The monoisotopic (exact) mass is 788 g/mol. The Hall–Kier alpha value is -6.72. The zero-order valence-electron chi connectivity index (χ0n) is 32.5. The van der Waals surface area contributed by atoms with Gasteiger partial charge in [0.2, 0.25) is 0 Å². The zero-order valence-corrected chi connectivity index (χ0v) is 34.2. The molecule has 59 heavy (non-hydrogen) atoms. The molecule has 0 aliphatic heterocycles. The molecule has 0 radical (unpaired) electrons. The lowest BCUT2D eigenvalue weighted by Crippen LogP contribution is -2.14. The molecule has 0 atom stereocenters. The second kappa shape index (κ2) is 13.2. The summed E-state index contributed by atoms with van der Waals surface area (Å²) in [6.07, 6.45) is 0. The molecule has 8 aromatic carbocycles. The highest BCUT2D eigenvalue weighted by Gasteiger charge is 2.35. The maximum Gasteiger partial charge on any atom is 0.160 e. The van der Waals surface area contributed by atoms with E-state index in [0.29, 0.717) is 0 Å². The molecule has 11 aromatic rings. The lowest BCUT2D eigenvalue weighted by Gasteiger charge is -2.22. The number of thiophene rings is 2. The first kappa shape index (κ1) is 34.3. The normalized spacial score (nSPS) is 13.1. The molecule has 4 heteroatoms. The van der Waals surface area contributed by atoms with Crippen LogP contribution in [0.15, 0.2) is 182 Å². The fourth-order valence-electron chi connectivity index (χ4n) is 9.25. The highest BCUT2D eigenvalue weighted by atomic mass is 32.1. The van der Waals surface area contributed by atoms with Crippen molar-refractivity contribution in [3.8, 4) is 67.3 Å². The third-order valence-corrected chi connectivity index (χ3v) is 14.6. The molecule has 0 fully saturated rings. The van der Waals surface area contributed by atoms with Crippen molar-refractivity contribution >= 4 is 63.0 Å². The number of rotatable bonds is 5. The number of hydrogen-bond donors (Lipinski definition) is 0. The van der Waals surface area contributed by atoms with E-state index in [1.54, 1.807) is 0 Å². The summed E-state index contributed by atoms with van der Waals surface area (Å²) in [5, 5.41) is 5.11. The van der Waals surface area contributed by atoms with Crippen molar-refractivity contribution in [1.29, 1.82) is 0 Å². The summed E-state index contributed by atoms with van der Waals surface area (Å²) in [7, 11) is 0. The Morgan fingerprint density at radius 2 is 0.915 bits per heavy atom. The predicted molar refractivity (Wildman–Crippen MR) is 253 cm³/mol. The first-order valence-corrected chi connectivity index (χ1v) is 21.8. The summed E-state index contributed by atoms with van der Waals surface area (Å²) in [5.74, 6) is 0.719. The van der Waals surface area contributed by atoms with Crippen molar-refractivity contribution in [3.63, 3.8) is 0 Å². The van der Waals surface area contributed by atoms with E-state index in [1.165, 1.54) is 73.7 Å². The Labute approximate surface area is 350 Å². The first-order valence-electron chi connectivity index (χ1n) is 20.1. The Bertz CT molecular complexity index is 3480. The van der Waals surface area contributed by atoms with Gasteiger partial charge in [0.25, 0.3) is 0 Å². The number of benzene rings is 8. The van der Waals surface area contributed by atoms with Crippen LogP contribution >= 0.6 is 22.7 Å². The second-order valence-electron chi connectivity index (χ2n) is 16.2. The molecule has 0 N–H and O–H groups in total. The fourth-order valence-corrected chi connectivity index (χ4v) is 11.5. The molecule has 12 rings (SSSR count). The van der Waals surface area contributed by atoms with Crippen LogP contribution in [0.4, 0.5) is 0 Å². The van der Waals surface area contributed by atoms with E-state index in [1.807, 2.05) is 22.7 Å². The maximum absolute atomic E-state index is 5.45. The van der Waals surface area contributed by atoms with Crippen LogP contribution < -0.4 is 0 Å². The Morgan fingerprint density at radius 3 is 1.73 bits per heavy atom. The van der Waals surface area contributed by atoms with Crippen LogP contribution in [-0.4, -0.2) is 9.97 Å². The topological polar surface area (TPSA) is 25.8 Å². The van der Waals surface area contributed by atoms with E-state index < -0.39 is 0 Å². The van der Waals surface area contributed by atoms with Crippen LogP contribution in [0.3, 0.4) is 0 Å². The Morgan fingerprint density at radius 1 is 0.339 bits per heavy atom. The Kier molecular flexibility index (Phi) is 7.65. The molecule has 3 aromatic heterocycles. The van der Waals surface area contributed by atoms with E-state index >= 15 is 0 Å². The second-order valence-corrected chi connectivity index (χ2v) is 18.3. The zero-order chi connectivity index (χ0) is 39.2. The molecular formula is C55H36N2S2. The third-order valence-electron chi connectivity index (χ3n) is 12.3. The van der Waals surface area contributed by atoms with Crippen molar-refractivity contribution in [1.82, 2.24) is 9.97 Å². The van der Waals surface area contributed by atoms with Gasteiger partial charge in [-0.1, -0.05) is 129 Å². The molecule has 0 spiro atoms. The van der Waals surface area contributed by atoms with Crippen molar-refractivity contribution in [3.05, 3.63) is 193 Å². The number of aromatic nitrogens is 2. The van der Waals surface area contributed by atoms with Crippen LogP contribution in [0.2, 0.25) is 0 Å². The minimum Gasteiger partial charge on any atom is -0.228 e. The largest absolute Gasteiger partial charge is 0.228 e. The summed E-state index contributed by atoms with van der Waals surface area (Å²) >= 11 is 3.69. The van der Waals surface area contributed by atoms with E-state index in [-0.39, 0.29) is 5.41 Å². The highest BCUT2D eigenvalue weighted by Crippen LogP contribution is 2.50.